The van der Waals surface area contributed by atoms with E-state index in [2.05, 4.69) is 10.1 Å². The van der Waals surface area contributed by atoms with Crippen molar-refractivity contribution in [1.29, 1.82) is 0 Å². The molecule has 0 saturated carbocycles. The second kappa shape index (κ2) is 6.97. The fourth-order valence-corrected chi connectivity index (χ4v) is 3.92. The lowest BCUT2D eigenvalue weighted by molar-refractivity contribution is 0.336. The van der Waals surface area contributed by atoms with Crippen LogP contribution in [0.1, 0.15) is 17.0 Å². The molecule has 1 aromatic heterocycles. The van der Waals surface area contributed by atoms with Gasteiger partial charge in [0.15, 0.2) is 0 Å². The highest BCUT2D eigenvalue weighted by Gasteiger charge is 2.25. The average Bonchev–Trinajstić information content (AvgIpc) is 3.03. The maximum atomic E-state index is 13.2. The Morgan fingerprint density at radius 1 is 1.12 bits per heavy atom. The van der Waals surface area contributed by atoms with Crippen LogP contribution in [0, 0.1) is 19.7 Å². The van der Waals surface area contributed by atoms with E-state index in [1.165, 1.54) is 19.2 Å². The zero-order valence-corrected chi connectivity index (χ0v) is 15.4. The molecule has 3 rings (SSSR count). The van der Waals surface area contributed by atoms with Crippen molar-refractivity contribution >= 4 is 10.0 Å². The van der Waals surface area contributed by atoms with Gasteiger partial charge >= 0.3 is 0 Å². The minimum atomic E-state index is -3.81. The van der Waals surface area contributed by atoms with Crippen molar-refractivity contribution in [2.75, 3.05) is 7.05 Å². The van der Waals surface area contributed by atoms with Crippen LogP contribution in [0.3, 0.4) is 0 Å². The highest BCUT2D eigenvalue weighted by Crippen LogP contribution is 2.23. The first-order valence-corrected chi connectivity index (χ1v) is 9.34. The second-order valence-electron chi connectivity index (χ2n) is 6.00. The Hall–Kier alpha value is -2.58. The van der Waals surface area contributed by atoms with Gasteiger partial charge in [-0.15, -0.1) is 0 Å². The van der Waals surface area contributed by atoms with Crippen molar-refractivity contribution in [3.05, 3.63) is 65.3 Å². The molecule has 0 unspecified atom stereocenters. The molecule has 0 aliphatic rings. The van der Waals surface area contributed by atoms with Crippen LogP contribution in [0.15, 0.2) is 51.9 Å². The smallest absolute Gasteiger partial charge is 0.243 e. The molecule has 0 atom stereocenters. The summed E-state index contributed by atoms with van der Waals surface area (Å²) in [6.45, 7) is 3.39. The summed E-state index contributed by atoms with van der Waals surface area (Å²) in [4.78, 5) is 4.32. The third-order valence-corrected chi connectivity index (χ3v) is 6.00. The van der Waals surface area contributed by atoms with E-state index in [-0.39, 0.29) is 17.3 Å². The molecule has 0 amide bonds. The number of hydrogen-bond acceptors (Lipinski definition) is 5. The summed E-state index contributed by atoms with van der Waals surface area (Å²) in [6, 6.07) is 11.1. The lowest BCUT2D eigenvalue weighted by atomic mass is 10.1. The molecule has 0 N–H and O–H groups in total. The SMILES string of the molecule is Cc1ccccc1-c1noc(CN(C)S(=O)(=O)c2ccc(F)cc2C)n1. The van der Waals surface area contributed by atoms with Crippen molar-refractivity contribution in [2.45, 2.75) is 25.3 Å². The molecule has 0 spiro atoms. The molecule has 0 aliphatic heterocycles. The molecular weight excluding hydrogens is 357 g/mol. The molecular formula is C18H18FN3O3S. The van der Waals surface area contributed by atoms with Gasteiger partial charge in [0.1, 0.15) is 5.82 Å². The number of halogens is 1. The van der Waals surface area contributed by atoms with Gasteiger partial charge in [0, 0.05) is 12.6 Å². The molecule has 8 heteroatoms. The standard InChI is InChI=1S/C18H18FN3O3S/c1-12-6-4-5-7-15(12)18-20-17(25-21-18)11-22(3)26(23,24)16-9-8-14(19)10-13(16)2/h4-10H,11H2,1-3H3. The van der Waals surface area contributed by atoms with Crippen LogP contribution in [-0.4, -0.2) is 29.9 Å². The van der Waals surface area contributed by atoms with Gasteiger partial charge < -0.3 is 4.52 Å². The van der Waals surface area contributed by atoms with E-state index in [9.17, 15) is 12.8 Å². The third-order valence-electron chi connectivity index (χ3n) is 4.04. The van der Waals surface area contributed by atoms with Gasteiger partial charge in [-0.25, -0.2) is 12.8 Å². The number of aryl methyl sites for hydroxylation is 2. The molecule has 3 aromatic rings. The van der Waals surface area contributed by atoms with Crippen molar-refractivity contribution in [3.8, 4) is 11.4 Å². The van der Waals surface area contributed by atoms with Crippen molar-refractivity contribution in [3.63, 3.8) is 0 Å². The van der Waals surface area contributed by atoms with Gasteiger partial charge in [0.2, 0.25) is 21.7 Å². The Labute approximate surface area is 151 Å². The fraction of sp³-hybridized carbons (Fsp3) is 0.222. The van der Waals surface area contributed by atoms with E-state index < -0.39 is 15.8 Å². The van der Waals surface area contributed by atoms with E-state index in [0.717, 1.165) is 21.5 Å². The summed E-state index contributed by atoms with van der Waals surface area (Å²) in [5.41, 5.74) is 2.15. The van der Waals surface area contributed by atoms with Crippen molar-refractivity contribution in [2.24, 2.45) is 0 Å². The Bertz CT molecular complexity index is 1050. The Morgan fingerprint density at radius 2 is 1.85 bits per heavy atom. The zero-order chi connectivity index (χ0) is 18.9. The minimum absolute atomic E-state index is 0.0417. The molecule has 0 aliphatic carbocycles. The number of benzene rings is 2. The average molecular weight is 375 g/mol. The predicted molar refractivity (Wildman–Crippen MR) is 94.3 cm³/mol. The van der Waals surface area contributed by atoms with Gasteiger partial charge in [-0.05, 0) is 43.2 Å². The summed E-state index contributed by atoms with van der Waals surface area (Å²) >= 11 is 0. The maximum absolute atomic E-state index is 13.2. The molecule has 0 fully saturated rings. The van der Waals surface area contributed by atoms with Crippen LogP contribution in [0.4, 0.5) is 4.39 Å². The van der Waals surface area contributed by atoms with E-state index in [4.69, 9.17) is 4.52 Å². The third kappa shape index (κ3) is 3.51. The first-order valence-electron chi connectivity index (χ1n) is 7.90. The van der Waals surface area contributed by atoms with Crippen LogP contribution >= 0.6 is 0 Å². The molecule has 6 nitrogen and oxygen atoms in total. The number of sulfonamides is 1. The molecule has 0 saturated heterocycles. The van der Waals surface area contributed by atoms with Gasteiger partial charge in [-0.2, -0.15) is 9.29 Å². The fourth-order valence-electron chi connectivity index (χ4n) is 2.60. The van der Waals surface area contributed by atoms with Crippen molar-refractivity contribution in [1.82, 2.24) is 14.4 Å². The summed E-state index contributed by atoms with van der Waals surface area (Å²) in [5, 5.41) is 3.93. The second-order valence-corrected chi connectivity index (χ2v) is 8.01. The van der Waals surface area contributed by atoms with Gasteiger partial charge in [-0.3, -0.25) is 0 Å². The molecule has 0 radical (unpaired) electrons. The highest BCUT2D eigenvalue weighted by molar-refractivity contribution is 7.89. The summed E-state index contributed by atoms with van der Waals surface area (Å²) in [7, 11) is -2.40. The molecule has 2 aromatic carbocycles. The van der Waals surface area contributed by atoms with E-state index in [1.807, 2.05) is 31.2 Å². The van der Waals surface area contributed by atoms with Crippen LogP contribution < -0.4 is 0 Å². The maximum Gasteiger partial charge on any atom is 0.243 e. The van der Waals surface area contributed by atoms with Gasteiger partial charge in [0.05, 0.1) is 11.4 Å². The van der Waals surface area contributed by atoms with Crippen LogP contribution in [-0.2, 0) is 16.6 Å². The number of aromatic nitrogens is 2. The Morgan fingerprint density at radius 3 is 2.54 bits per heavy atom. The van der Waals surface area contributed by atoms with E-state index >= 15 is 0 Å². The largest absolute Gasteiger partial charge is 0.338 e. The molecule has 1 heterocycles. The topological polar surface area (TPSA) is 76.3 Å². The van der Waals surface area contributed by atoms with E-state index in [0.29, 0.717) is 11.4 Å². The molecule has 0 bridgehead atoms. The predicted octanol–water partition coefficient (Wildman–Crippen LogP) is 3.31. The summed E-state index contributed by atoms with van der Waals surface area (Å²) in [6.07, 6.45) is 0. The zero-order valence-electron chi connectivity index (χ0n) is 14.6. The van der Waals surface area contributed by atoms with Crippen LogP contribution in [0.25, 0.3) is 11.4 Å². The molecule has 26 heavy (non-hydrogen) atoms. The monoisotopic (exact) mass is 375 g/mol. The summed E-state index contributed by atoms with van der Waals surface area (Å²) in [5.74, 6) is 0.0971. The number of nitrogens with zero attached hydrogens (tertiary/aromatic N) is 3. The lowest BCUT2D eigenvalue weighted by Gasteiger charge is -2.16. The van der Waals surface area contributed by atoms with Crippen molar-refractivity contribution < 1.29 is 17.3 Å². The highest BCUT2D eigenvalue weighted by atomic mass is 32.2. The Balaban J connectivity index is 1.84. The van der Waals surface area contributed by atoms with Crippen LogP contribution in [0.5, 0.6) is 0 Å². The van der Waals surface area contributed by atoms with E-state index in [1.54, 1.807) is 6.92 Å². The number of hydrogen-bond donors (Lipinski definition) is 0. The quantitative estimate of drug-likeness (QED) is 0.684. The van der Waals surface area contributed by atoms with Gasteiger partial charge in [0.25, 0.3) is 0 Å². The van der Waals surface area contributed by atoms with Gasteiger partial charge in [-0.1, -0.05) is 29.4 Å². The molecule has 136 valence electrons. The number of rotatable bonds is 5. The minimum Gasteiger partial charge on any atom is -0.338 e. The lowest BCUT2D eigenvalue weighted by Crippen LogP contribution is -2.27. The van der Waals surface area contributed by atoms with Crippen LogP contribution in [0.2, 0.25) is 0 Å². The normalized spacial score (nSPS) is 11.9. The Kier molecular flexibility index (Phi) is 4.88. The first kappa shape index (κ1) is 18.2. The summed E-state index contributed by atoms with van der Waals surface area (Å²) < 4.78 is 45.0. The first-order chi connectivity index (χ1) is 12.3.